The third-order valence-corrected chi connectivity index (χ3v) is 9.59. The molecule has 0 saturated heterocycles. The number of carbonyl (C=O) groups excluding carboxylic acids is 2. The molecule has 3 aromatic heterocycles. The van der Waals surface area contributed by atoms with Crippen molar-refractivity contribution in [2.45, 2.75) is 43.4 Å². The van der Waals surface area contributed by atoms with Gasteiger partial charge in [0.2, 0.25) is 21.8 Å². The zero-order valence-corrected chi connectivity index (χ0v) is 31.2. The number of nitrogens with two attached hydrogens (primary N) is 1. The van der Waals surface area contributed by atoms with Crippen molar-refractivity contribution >= 4 is 61.4 Å². The van der Waals surface area contributed by atoms with Gasteiger partial charge in [0.15, 0.2) is 30.0 Å². The molecule has 14 nitrogen and oxygen atoms in total. The summed E-state index contributed by atoms with van der Waals surface area (Å²) >= 11 is 6.46. The molecule has 0 aliphatic rings. The highest BCUT2D eigenvalue weighted by atomic mass is 35.5. The number of rotatable bonds is 12. The molecule has 318 valence electrons. The Bertz CT molecular complexity index is 2670. The first kappa shape index (κ1) is 44.3. The van der Waals surface area contributed by atoms with Crippen LogP contribution >= 0.6 is 11.6 Å². The molecular weight excluding hydrogens is 871 g/mol. The van der Waals surface area contributed by atoms with Gasteiger partial charge in [0.05, 0.1) is 33.3 Å². The topological polar surface area (TPSA) is 182 Å². The average molecular weight is 894 g/mol. The summed E-state index contributed by atoms with van der Waals surface area (Å²) in [4.78, 5) is 46.9. The first-order valence-corrected chi connectivity index (χ1v) is 18.1. The van der Waals surface area contributed by atoms with E-state index in [4.69, 9.17) is 22.1 Å². The van der Waals surface area contributed by atoms with Crippen LogP contribution < -0.4 is 20.3 Å². The molecule has 27 heteroatoms. The zero-order chi connectivity index (χ0) is 44.4. The van der Waals surface area contributed by atoms with E-state index in [1.165, 1.54) is 7.05 Å². The van der Waals surface area contributed by atoms with E-state index in [9.17, 15) is 71.1 Å². The van der Waals surface area contributed by atoms with Crippen molar-refractivity contribution in [2.24, 2.45) is 12.8 Å². The number of fused-ring (bicyclic) bond motifs is 2. The number of ether oxygens (including phenoxy) is 2. The molecule has 5 aromatic rings. The molecule has 3 heterocycles. The summed E-state index contributed by atoms with van der Waals surface area (Å²) in [6, 6.07) is 5.48. The number of sulfonamides is 1. The van der Waals surface area contributed by atoms with Gasteiger partial charge in [-0.3, -0.25) is 18.8 Å². The van der Waals surface area contributed by atoms with Gasteiger partial charge in [0.1, 0.15) is 11.6 Å². The molecule has 1 atom stereocenters. The Morgan fingerprint density at radius 3 is 2.10 bits per heavy atom. The second kappa shape index (κ2) is 15.1. The minimum Gasteiger partial charge on any atom is -0.471 e. The van der Waals surface area contributed by atoms with E-state index in [0.29, 0.717) is 29.0 Å². The predicted octanol–water partition coefficient (Wildman–Crippen LogP) is 6.14. The van der Waals surface area contributed by atoms with Crippen LogP contribution in [-0.2, 0) is 33.0 Å². The van der Waals surface area contributed by atoms with Gasteiger partial charge in [-0.2, -0.15) is 53.9 Å². The van der Waals surface area contributed by atoms with Gasteiger partial charge < -0.3 is 15.2 Å². The van der Waals surface area contributed by atoms with E-state index in [1.54, 1.807) is 0 Å². The molecule has 0 unspecified atom stereocenters. The summed E-state index contributed by atoms with van der Waals surface area (Å²) in [6.07, 6.45) is -10.8. The van der Waals surface area contributed by atoms with Gasteiger partial charge in [-0.05, 0) is 35.9 Å². The second-order valence-corrected chi connectivity index (χ2v) is 14.7. The molecule has 2 aromatic carbocycles. The van der Waals surface area contributed by atoms with Crippen LogP contribution in [0.25, 0.3) is 27.6 Å². The Morgan fingerprint density at radius 1 is 0.949 bits per heavy atom. The number of aryl methyl sites for hydroxylation is 1. The fourth-order valence-electron chi connectivity index (χ4n) is 5.73. The SMILES string of the molecule is CC(=O)N(c1nn(C)c2c(-n3c([C@H](Cc4cc(F)cc(F)c4)OC(N)=O)nc4nc(OCC(F)(F)C(F)(F)C(F)(F)C(F)(F)F)ccc4c3=O)ccc(Cl)c12)S(C)(=O)=O. The Hall–Kier alpha value is -5.79. The Morgan fingerprint density at radius 2 is 1.56 bits per heavy atom. The maximum Gasteiger partial charge on any atom is 0.460 e. The first-order valence-electron chi connectivity index (χ1n) is 15.8. The summed E-state index contributed by atoms with van der Waals surface area (Å²) in [5, 5.41) is 2.96. The zero-order valence-electron chi connectivity index (χ0n) is 29.6. The van der Waals surface area contributed by atoms with Crippen molar-refractivity contribution in [3.05, 3.63) is 80.9 Å². The lowest BCUT2D eigenvalue weighted by molar-refractivity contribution is -0.398. The number of carbonyl (C=O) groups is 2. The molecule has 0 saturated carbocycles. The molecule has 0 bridgehead atoms. The van der Waals surface area contributed by atoms with Crippen LogP contribution in [0.3, 0.4) is 0 Å². The van der Waals surface area contributed by atoms with E-state index >= 15 is 0 Å². The minimum absolute atomic E-state index is 0.228. The van der Waals surface area contributed by atoms with Crippen LogP contribution in [-0.4, -0.2) is 81.5 Å². The van der Waals surface area contributed by atoms with Crippen molar-refractivity contribution in [1.82, 2.24) is 24.3 Å². The number of pyridine rings is 1. The van der Waals surface area contributed by atoms with Crippen LogP contribution in [0.4, 0.5) is 58.9 Å². The van der Waals surface area contributed by atoms with Crippen LogP contribution in [0, 0.1) is 11.6 Å². The largest absolute Gasteiger partial charge is 0.471 e. The van der Waals surface area contributed by atoms with Crippen LogP contribution in [0.15, 0.2) is 47.3 Å². The third kappa shape index (κ3) is 8.13. The number of nitrogens with zero attached hydrogens (tertiary/aromatic N) is 6. The third-order valence-electron chi connectivity index (χ3n) is 8.18. The van der Waals surface area contributed by atoms with Crippen molar-refractivity contribution in [3.8, 4) is 11.6 Å². The molecule has 0 radical (unpaired) electrons. The van der Waals surface area contributed by atoms with Crippen molar-refractivity contribution in [1.29, 1.82) is 0 Å². The van der Waals surface area contributed by atoms with E-state index in [1.807, 2.05) is 0 Å². The number of hydrogen-bond acceptors (Lipinski definition) is 10. The smallest absolute Gasteiger partial charge is 0.460 e. The van der Waals surface area contributed by atoms with E-state index < -0.39 is 111 Å². The van der Waals surface area contributed by atoms with Crippen molar-refractivity contribution in [3.63, 3.8) is 0 Å². The molecule has 0 aliphatic heterocycles. The number of halogens is 12. The molecule has 0 aliphatic carbocycles. The predicted molar refractivity (Wildman–Crippen MR) is 182 cm³/mol. The van der Waals surface area contributed by atoms with Crippen molar-refractivity contribution < 1.29 is 75.8 Å². The van der Waals surface area contributed by atoms with Gasteiger partial charge in [-0.25, -0.2) is 27.0 Å². The second-order valence-electron chi connectivity index (χ2n) is 12.5. The van der Waals surface area contributed by atoms with E-state index in [0.717, 1.165) is 35.9 Å². The summed E-state index contributed by atoms with van der Waals surface area (Å²) < 4.78 is 187. The minimum atomic E-state index is -7.23. The number of primary amides is 1. The molecule has 5 rings (SSSR count). The molecule has 2 N–H and O–H groups in total. The van der Waals surface area contributed by atoms with Crippen LogP contribution in [0.5, 0.6) is 5.88 Å². The number of benzene rings is 2. The normalized spacial score (nSPS) is 13.5. The summed E-state index contributed by atoms with van der Waals surface area (Å²) in [7, 11) is -3.19. The number of alkyl halides is 9. The van der Waals surface area contributed by atoms with Gasteiger partial charge in [0.25, 0.3) is 5.56 Å². The van der Waals surface area contributed by atoms with E-state index in [2.05, 4.69) is 19.8 Å². The fraction of sp³-hybridized carbons (Fsp3) is 0.312. The van der Waals surface area contributed by atoms with Crippen molar-refractivity contribution in [2.75, 3.05) is 17.2 Å². The quantitative estimate of drug-likeness (QED) is 0.143. The lowest BCUT2D eigenvalue weighted by Gasteiger charge is -2.33. The molecule has 0 fully saturated rings. The number of amides is 2. The summed E-state index contributed by atoms with van der Waals surface area (Å²) in [5.41, 5.74) is 2.32. The van der Waals surface area contributed by atoms with Crippen LogP contribution in [0.1, 0.15) is 24.4 Å². The molecule has 2 amide bonds. The summed E-state index contributed by atoms with van der Waals surface area (Å²) in [5.74, 6) is -26.4. The van der Waals surface area contributed by atoms with Gasteiger partial charge in [0, 0.05) is 32.5 Å². The first-order chi connectivity index (χ1) is 27.0. The number of aromatic nitrogens is 5. The van der Waals surface area contributed by atoms with Crippen LogP contribution in [0.2, 0.25) is 5.02 Å². The highest BCUT2D eigenvalue weighted by Crippen LogP contribution is 2.53. The standard InChI is InChI=1S/C32H23ClF11N7O7S/c1-13(52)51(59(3,55)56)26-22-18(33)5-6-19(23(22)49(2)48-26)50-25(20(58-28(45)54)10-14-8-15(34)11-16(35)9-14)47-24-17(27(50)53)4-7-21(46-24)57-12-29(36,37)30(38,39)31(40,41)32(42,43)44/h4-9,11,20H,10,12H2,1-3H3,(H2,45,54)/t20-/m0/s1. The lowest BCUT2D eigenvalue weighted by atomic mass is 10.0. The number of anilines is 1. The molecule has 59 heavy (non-hydrogen) atoms. The number of hydrogen-bond donors (Lipinski definition) is 1. The highest BCUT2D eigenvalue weighted by molar-refractivity contribution is 7.92. The molecular formula is C32H23ClF11N7O7S. The van der Waals surface area contributed by atoms with Gasteiger partial charge in [-0.1, -0.05) is 11.6 Å². The lowest BCUT2D eigenvalue weighted by Crippen LogP contribution is -2.62. The van der Waals surface area contributed by atoms with E-state index in [-0.39, 0.29) is 31.5 Å². The summed E-state index contributed by atoms with van der Waals surface area (Å²) in [6.45, 7) is -1.95. The Kier molecular flexibility index (Phi) is 11.3. The average Bonchev–Trinajstić information content (AvgIpc) is 3.42. The highest BCUT2D eigenvalue weighted by Gasteiger charge is 2.82. The fourth-order valence-corrected chi connectivity index (χ4v) is 6.87. The maximum atomic E-state index is 14.4. The molecule has 0 spiro atoms. The Balaban J connectivity index is 1.79. The van der Waals surface area contributed by atoms with Gasteiger partial charge >= 0.3 is 30.0 Å². The van der Waals surface area contributed by atoms with Gasteiger partial charge in [-0.15, -0.1) is 0 Å². The Labute approximate surface area is 326 Å². The maximum absolute atomic E-state index is 14.4. The monoisotopic (exact) mass is 893 g/mol.